The van der Waals surface area contributed by atoms with Crippen molar-refractivity contribution in [3.8, 4) is 17.0 Å². The molecule has 0 spiro atoms. The van der Waals surface area contributed by atoms with Crippen LogP contribution in [0.25, 0.3) is 11.3 Å². The molecular weight excluding hydrogens is 380 g/mol. The van der Waals surface area contributed by atoms with Crippen molar-refractivity contribution in [2.24, 2.45) is 0 Å². The average Bonchev–Trinajstić information content (AvgIpc) is 3.16. The number of hydrogen-bond donors (Lipinski definition) is 1. The van der Waals surface area contributed by atoms with Crippen LogP contribution in [0.5, 0.6) is 5.75 Å². The van der Waals surface area contributed by atoms with E-state index in [0.29, 0.717) is 24.4 Å². The molecule has 0 aliphatic rings. The summed E-state index contributed by atoms with van der Waals surface area (Å²) in [5.41, 5.74) is 3.00. The quantitative estimate of drug-likeness (QED) is 0.592. The van der Waals surface area contributed by atoms with Crippen molar-refractivity contribution in [1.29, 1.82) is 0 Å². The second kappa shape index (κ2) is 9.53. The van der Waals surface area contributed by atoms with Gasteiger partial charge in [-0.2, -0.15) is 0 Å². The molecule has 0 atom stereocenters. The fraction of sp³-hybridized carbons (Fsp3) is 0.238. The molecule has 140 valence electrons. The number of carbonyl (C=O) groups excluding carboxylic acids is 1. The molecule has 1 heterocycles. The van der Waals surface area contributed by atoms with Gasteiger partial charge in [0.25, 0.3) is 0 Å². The van der Waals surface area contributed by atoms with E-state index in [1.165, 1.54) is 0 Å². The lowest BCUT2D eigenvalue weighted by atomic mass is 10.1. The number of amides is 1. The van der Waals surface area contributed by atoms with E-state index in [-0.39, 0.29) is 5.91 Å². The number of ether oxygens (including phenoxy) is 1. The van der Waals surface area contributed by atoms with Gasteiger partial charge in [-0.25, -0.2) is 4.98 Å². The Hall–Kier alpha value is -2.37. The molecule has 1 N–H and O–H groups in total. The number of rotatable bonds is 8. The summed E-state index contributed by atoms with van der Waals surface area (Å²) in [5, 5.41) is 6.71. The molecular formula is C21H21ClN2O2S. The predicted molar refractivity (Wildman–Crippen MR) is 111 cm³/mol. The third-order valence-electron chi connectivity index (χ3n) is 4.18. The zero-order valence-electron chi connectivity index (χ0n) is 15.1. The minimum Gasteiger partial charge on any atom is -0.497 e. The molecule has 3 rings (SSSR count). The van der Waals surface area contributed by atoms with Gasteiger partial charge >= 0.3 is 0 Å². The maximum absolute atomic E-state index is 12.0. The summed E-state index contributed by atoms with van der Waals surface area (Å²) in [7, 11) is 1.65. The van der Waals surface area contributed by atoms with E-state index < -0.39 is 0 Å². The summed E-state index contributed by atoms with van der Waals surface area (Å²) in [6.07, 6.45) is 1.79. The molecule has 0 saturated heterocycles. The highest BCUT2D eigenvalue weighted by atomic mass is 35.5. The largest absolute Gasteiger partial charge is 0.497 e. The highest BCUT2D eigenvalue weighted by Gasteiger charge is 2.07. The monoisotopic (exact) mass is 400 g/mol. The molecule has 0 radical (unpaired) electrons. The van der Waals surface area contributed by atoms with Crippen molar-refractivity contribution in [2.75, 3.05) is 13.7 Å². The summed E-state index contributed by atoms with van der Waals surface area (Å²) in [6.45, 7) is 0.580. The maximum atomic E-state index is 12.0. The van der Waals surface area contributed by atoms with E-state index in [0.717, 1.165) is 34.0 Å². The number of carbonyl (C=O) groups is 1. The van der Waals surface area contributed by atoms with Gasteiger partial charge in [-0.05, 0) is 42.3 Å². The first kappa shape index (κ1) is 19.4. The third-order valence-corrected chi connectivity index (χ3v) is 5.46. The van der Waals surface area contributed by atoms with E-state index in [4.69, 9.17) is 16.3 Å². The molecule has 6 heteroatoms. The van der Waals surface area contributed by atoms with Gasteiger partial charge in [0, 0.05) is 35.4 Å². The molecule has 0 saturated carbocycles. The lowest BCUT2D eigenvalue weighted by Crippen LogP contribution is -2.25. The van der Waals surface area contributed by atoms with Gasteiger partial charge in [-0.3, -0.25) is 4.79 Å². The van der Waals surface area contributed by atoms with Gasteiger partial charge in [0.15, 0.2) is 0 Å². The Labute approximate surface area is 168 Å². The smallest absolute Gasteiger partial charge is 0.220 e. The van der Waals surface area contributed by atoms with Crippen LogP contribution in [0.3, 0.4) is 0 Å². The van der Waals surface area contributed by atoms with Crippen molar-refractivity contribution in [3.05, 3.63) is 69.5 Å². The molecule has 0 fully saturated rings. The van der Waals surface area contributed by atoms with Crippen molar-refractivity contribution >= 4 is 28.8 Å². The SMILES string of the molecule is COc1ccc(-c2csc(CCNC(=O)CCc3ccccc3Cl)n2)cc1. The lowest BCUT2D eigenvalue weighted by molar-refractivity contribution is -0.121. The molecule has 2 aromatic carbocycles. The fourth-order valence-electron chi connectivity index (χ4n) is 2.67. The van der Waals surface area contributed by atoms with Crippen LogP contribution in [0.15, 0.2) is 53.9 Å². The van der Waals surface area contributed by atoms with E-state index in [9.17, 15) is 4.79 Å². The number of nitrogens with zero attached hydrogens (tertiary/aromatic N) is 1. The number of aryl methyl sites for hydroxylation is 1. The van der Waals surface area contributed by atoms with Crippen LogP contribution >= 0.6 is 22.9 Å². The standard InChI is InChI=1S/C21H21ClN2O2S/c1-26-17-9-6-16(7-10-17)19-14-27-21(24-19)12-13-23-20(25)11-8-15-4-2-3-5-18(15)22/h2-7,9-10,14H,8,11-13H2,1H3,(H,23,25). The topological polar surface area (TPSA) is 51.2 Å². The zero-order chi connectivity index (χ0) is 19.1. The second-order valence-electron chi connectivity index (χ2n) is 6.05. The molecule has 0 bridgehead atoms. The van der Waals surface area contributed by atoms with Crippen molar-refractivity contribution in [3.63, 3.8) is 0 Å². The van der Waals surface area contributed by atoms with Crippen molar-refractivity contribution in [1.82, 2.24) is 10.3 Å². The van der Waals surface area contributed by atoms with E-state index in [1.54, 1.807) is 18.4 Å². The molecule has 1 aromatic heterocycles. The van der Waals surface area contributed by atoms with Crippen LogP contribution in [0, 0.1) is 0 Å². The Kier molecular flexibility index (Phi) is 6.85. The zero-order valence-corrected chi connectivity index (χ0v) is 16.6. The minimum atomic E-state index is 0.0295. The maximum Gasteiger partial charge on any atom is 0.220 e. The van der Waals surface area contributed by atoms with Crippen LogP contribution in [0.2, 0.25) is 5.02 Å². The van der Waals surface area contributed by atoms with Crippen LogP contribution in [-0.4, -0.2) is 24.5 Å². The molecule has 0 aliphatic carbocycles. The summed E-state index contributed by atoms with van der Waals surface area (Å²) in [5.74, 6) is 0.857. The van der Waals surface area contributed by atoms with Gasteiger partial charge in [-0.15, -0.1) is 11.3 Å². The number of hydrogen-bond acceptors (Lipinski definition) is 4. The highest BCUT2D eigenvalue weighted by molar-refractivity contribution is 7.09. The van der Waals surface area contributed by atoms with Crippen LogP contribution in [-0.2, 0) is 17.6 Å². The minimum absolute atomic E-state index is 0.0295. The van der Waals surface area contributed by atoms with Gasteiger partial charge in [0.05, 0.1) is 17.8 Å². The Bertz CT molecular complexity index is 893. The first-order valence-electron chi connectivity index (χ1n) is 8.74. The molecule has 0 aliphatic heterocycles. The molecule has 0 unspecified atom stereocenters. The number of aromatic nitrogens is 1. The van der Waals surface area contributed by atoms with Gasteiger partial charge in [0.2, 0.25) is 5.91 Å². The Morgan fingerprint density at radius 3 is 2.67 bits per heavy atom. The Balaban J connectivity index is 1.44. The van der Waals surface area contributed by atoms with Crippen LogP contribution < -0.4 is 10.1 Å². The first-order valence-corrected chi connectivity index (χ1v) is 10.0. The van der Waals surface area contributed by atoms with Crippen molar-refractivity contribution < 1.29 is 9.53 Å². The number of halogens is 1. The normalized spacial score (nSPS) is 10.6. The summed E-state index contributed by atoms with van der Waals surface area (Å²) in [4.78, 5) is 16.7. The summed E-state index contributed by atoms with van der Waals surface area (Å²) in [6, 6.07) is 15.5. The summed E-state index contributed by atoms with van der Waals surface area (Å²) < 4.78 is 5.18. The number of nitrogens with one attached hydrogen (secondary N) is 1. The van der Waals surface area contributed by atoms with E-state index in [1.807, 2.05) is 53.9 Å². The summed E-state index contributed by atoms with van der Waals surface area (Å²) >= 11 is 7.72. The Morgan fingerprint density at radius 2 is 1.93 bits per heavy atom. The number of thiazole rings is 1. The van der Waals surface area contributed by atoms with Crippen molar-refractivity contribution in [2.45, 2.75) is 19.3 Å². The molecule has 3 aromatic rings. The molecule has 4 nitrogen and oxygen atoms in total. The molecule has 1 amide bonds. The predicted octanol–water partition coefficient (Wildman–Crippen LogP) is 4.76. The van der Waals surface area contributed by atoms with E-state index in [2.05, 4.69) is 10.3 Å². The number of methoxy groups -OCH3 is 1. The fourth-order valence-corrected chi connectivity index (χ4v) is 3.70. The molecule has 27 heavy (non-hydrogen) atoms. The van der Waals surface area contributed by atoms with E-state index >= 15 is 0 Å². The first-order chi connectivity index (χ1) is 13.2. The second-order valence-corrected chi connectivity index (χ2v) is 7.40. The third kappa shape index (κ3) is 5.55. The van der Waals surface area contributed by atoms with Crippen LogP contribution in [0.1, 0.15) is 17.0 Å². The van der Waals surface area contributed by atoms with Gasteiger partial charge < -0.3 is 10.1 Å². The van der Waals surface area contributed by atoms with Crippen LogP contribution in [0.4, 0.5) is 0 Å². The Morgan fingerprint density at radius 1 is 1.15 bits per heavy atom. The van der Waals surface area contributed by atoms with Gasteiger partial charge in [0.1, 0.15) is 5.75 Å². The van der Waals surface area contributed by atoms with Gasteiger partial charge in [-0.1, -0.05) is 29.8 Å². The average molecular weight is 401 g/mol. The highest BCUT2D eigenvalue weighted by Crippen LogP contribution is 2.24. The number of benzene rings is 2. The lowest BCUT2D eigenvalue weighted by Gasteiger charge is -2.05.